The van der Waals surface area contributed by atoms with Crippen molar-refractivity contribution < 1.29 is 22.7 Å². The van der Waals surface area contributed by atoms with Gasteiger partial charge in [0.1, 0.15) is 5.76 Å². The van der Waals surface area contributed by atoms with Crippen molar-refractivity contribution in [3.8, 4) is 0 Å². The summed E-state index contributed by atoms with van der Waals surface area (Å²) in [4.78, 5) is 14.1. The highest BCUT2D eigenvalue weighted by atomic mass is 32.2. The van der Waals surface area contributed by atoms with E-state index in [0.717, 1.165) is 25.0 Å². The number of furan rings is 1. The molecular weight excluding hydrogens is 320 g/mol. The Labute approximate surface area is 135 Å². The van der Waals surface area contributed by atoms with Crippen LogP contribution in [0.15, 0.2) is 22.8 Å². The van der Waals surface area contributed by atoms with E-state index in [-0.39, 0.29) is 19.0 Å². The summed E-state index contributed by atoms with van der Waals surface area (Å²) in [5.41, 5.74) is -0.971. The molecule has 1 aromatic heterocycles. The van der Waals surface area contributed by atoms with Crippen molar-refractivity contribution in [2.75, 3.05) is 32.4 Å². The van der Waals surface area contributed by atoms with Gasteiger partial charge in [-0.25, -0.2) is 12.7 Å². The van der Waals surface area contributed by atoms with E-state index in [9.17, 15) is 18.3 Å². The maximum Gasteiger partial charge on any atom is 0.311 e. The molecule has 7 nitrogen and oxygen atoms in total. The number of carbonyl (C=O) groups is 1. The van der Waals surface area contributed by atoms with Gasteiger partial charge in [0.25, 0.3) is 0 Å². The number of rotatable bonds is 4. The molecule has 2 aliphatic rings. The normalized spacial score (nSPS) is 30.0. The van der Waals surface area contributed by atoms with Crippen LogP contribution >= 0.6 is 0 Å². The first kappa shape index (κ1) is 16.5. The molecule has 2 saturated heterocycles. The molecule has 0 spiro atoms. The first-order valence-electron chi connectivity index (χ1n) is 7.74. The van der Waals surface area contributed by atoms with Gasteiger partial charge in [-0.1, -0.05) is 0 Å². The van der Waals surface area contributed by atoms with Crippen LogP contribution in [0.25, 0.3) is 0 Å². The molecule has 23 heavy (non-hydrogen) atoms. The quantitative estimate of drug-likeness (QED) is 0.872. The zero-order valence-corrected chi connectivity index (χ0v) is 14.0. The van der Waals surface area contributed by atoms with E-state index in [0.29, 0.717) is 19.5 Å². The smallest absolute Gasteiger partial charge is 0.311 e. The minimum absolute atomic E-state index is 0.0838. The third kappa shape index (κ3) is 3.15. The van der Waals surface area contributed by atoms with Crippen LogP contribution in [0.2, 0.25) is 0 Å². The van der Waals surface area contributed by atoms with Gasteiger partial charge in [0.15, 0.2) is 0 Å². The van der Waals surface area contributed by atoms with Gasteiger partial charge in [-0.05, 0) is 31.5 Å². The Morgan fingerprint density at radius 3 is 2.87 bits per heavy atom. The first-order chi connectivity index (χ1) is 10.8. The molecular formula is C15H22N2O5S. The third-order valence-electron chi connectivity index (χ3n) is 5.09. The van der Waals surface area contributed by atoms with Crippen LogP contribution in [0.5, 0.6) is 0 Å². The summed E-state index contributed by atoms with van der Waals surface area (Å²) in [6.45, 7) is 2.35. The molecule has 0 saturated carbocycles. The Bertz CT molecular complexity index is 672. The molecule has 2 aliphatic heterocycles. The standard InChI is InChI=1S/C15H22N2O5S/c1-23(20,21)17-9-12-8-16(10-13-4-2-7-22-13)6-3-5-15(12,11-17)14(18)19/h2,4,7,12H,3,5-6,8-11H2,1H3,(H,18,19)/t12-,15-/m1/s1. The fraction of sp³-hybridized carbons (Fsp3) is 0.667. The van der Waals surface area contributed by atoms with E-state index in [2.05, 4.69) is 4.90 Å². The molecule has 0 radical (unpaired) electrons. The minimum Gasteiger partial charge on any atom is -0.481 e. The maximum atomic E-state index is 11.9. The summed E-state index contributed by atoms with van der Waals surface area (Å²) >= 11 is 0. The average Bonchev–Trinajstić information content (AvgIpc) is 3.04. The topological polar surface area (TPSA) is 91.1 Å². The first-order valence-corrected chi connectivity index (χ1v) is 9.59. The van der Waals surface area contributed by atoms with Gasteiger partial charge in [0.2, 0.25) is 10.0 Å². The van der Waals surface area contributed by atoms with Crippen molar-refractivity contribution in [3.05, 3.63) is 24.2 Å². The molecule has 2 atom stereocenters. The van der Waals surface area contributed by atoms with Gasteiger partial charge in [0, 0.05) is 25.6 Å². The number of sulfonamides is 1. The summed E-state index contributed by atoms with van der Waals surface area (Å²) in [6, 6.07) is 3.72. The number of fused-ring (bicyclic) bond motifs is 1. The van der Waals surface area contributed by atoms with E-state index in [1.807, 2.05) is 12.1 Å². The number of hydrogen-bond acceptors (Lipinski definition) is 5. The highest BCUT2D eigenvalue weighted by molar-refractivity contribution is 7.88. The Balaban J connectivity index is 1.82. The molecule has 1 N–H and O–H groups in total. The predicted octanol–water partition coefficient (Wildman–Crippen LogP) is 0.838. The van der Waals surface area contributed by atoms with E-state index < -0.39 is 21.4 Å². The lowest BCUT2D eigenvalue weighted by Gasteiger charge is -2.29. The molecule has 8 heteroatoms. The molecule has 128 valence electrons. The van der Waals surface area contributed by atoms with Crippen molar-refractivity contribution in [2.24, 2.45) is 11.3 Å². The zero-order valence-electron chi connectivity index (χ0n) is 13.1. The lowest BCUT2D eigenvalue weighted by atomic mass is 9.75. The van der Waals surface area contributed by atoms with E-state index in [4.69, 9.17) is 4.42 Å². The van der Waals surface area contributed by atoms with Crippen LogP contribution in [0.4, 0.5) is 0 Å². The predicted molar refractivity (Wildman–Crippen MR) is 83.2 cm³/mol. The molecule has 0 amide bonds. The third-order valence-corrected chi connectivity index (χ3v) is 6.31. The van der Waals surface area contributed by atoms with Crippen LogP contribution in [0.3, 0.4) is 0 Å². The lowest BCUT2D eigenvalue weighted by molar-refractivity contribution is -0.150. The van der Waals surface area contributed by atoms with Crippen molar-refractivity contribution >= 4 is 16.0 Å². The second kappa shape index (κ2) is 5.92. The Hall–Kier alpha value is -1.38. The monoisotopic (exact) mass is 342 g/mol. The van der Waals surface area contributed by atoms with Crippen molar-refractivity contribution in [1.82, 2.24) is 9.21 Å². The summed E-state index contributed by atoms with van der Waals surface area (Å²) in [6.07, 6.45) is 4.01. The minimum atomic E-state index is -3.38. The van der Waals surface area contributed by atoms with Crippen LogP contribution in [-0.2, 0) is 21.4 Å². The van der Waals surface area contributed by atoms with Gasteiger partial charge < -0.3 is 9.52 Å². The van der Waals surface area contributed by atoms with E-state index >= 15 is 0 Å². The molecule has 3 rings (SSSR count). The zero-order chi connectivity index (χ0) is 16.7. The van der Waals surface area contributed by atoms with Crippen LogP contribution in [0.1, 0.15) is 18.6 Å². The second-order valence-electron chi connectivity index (χ2n) is 6.63. The molecule has 3 heterocycles. The van der Waals surface area contributed by atoms with Gasteiger partial charge in [-0.15, -0.1) is 0 Å². The summed E-state index contributed by atoms with van der Waals surface area (Å²) in [7, 11) is -3.38. The Morgan fingerprint density at radius 2 is 2.26 bits per heavy atom. The van der Waals surface area contributed by atoms with Crippen LogP contribution in [-0.4, -0.2) is 61.1 Å². The number of hydrogen-bond donors (Lipinski definition) is 1. The van der Waals surface area contributed by atoms with E-state index in [1.165, 1.54) is 4.31 Å². The number of nitrogens with zero attached hydrogens (tertiary/aromatic N) is 2. The second-order valence-corrected chi connectivity index (χ2v) is 8.61. The number of aliphatic carboxylic acids is 1. The number of carboxylic acids is 1. The number of likely N-dealkylation sites (tertiary alicyclic amines) is 1. The Morgan fingerprint density at radius 1 is 1.48 bits per heavy atom. The molecule has 0 unspecified atom stereocenters. The lowest BCUT2D eigenvalue weighted by Crippen LogP contribution is -2.41. The van der Waals surface area contributed by atoms with Crippen LogP contribution < -0.4 is 0 Å². The fourth-order valence-electron chi connectivity index (χ4n) is 3.83. The average molecular weight is 342 g/mol. The summed E-state index contributed by atoms with van der Waals surface area (Å²) < 4.78 is 30.4. The Kier molecular flexibility index (Phi) is 4.24. The van der Waals surface area contributed by atoms with Gasteiger partial charge >= 0.3 is 5.97 Å². The SMILES string of the molecule is CS(=O)(=O)N1C[C@H]2CN(Cc3ccco3)CCC[C@@]2(C(=O)O)C1. The summed E-state index contributed by atoms with van der Waals surface area (Å²) in [5.74, 6) is -0.244. The van der Waals surface area contributed by atoms with Gasteiger partial charge in [0.05, 0.1) is 24.5 Å². The summed E-state index contributed by atoms with van der Waals surface area (Å²) in [5, 5.41) is 9.79. The highest BCUT2D eigenvalue weighted by Gasteiger charge is 2.55. The fourth-order valence-corrected chi connectivity index (χ4v) is 4.75. The molecule has 0 aromatic carbocycles. The van der Waals surface area contributed by atoms with E-state index in [1.54, 1.807) is 6.26 Å². The van der Waals surface area contributed by atoms with Crippen LogP contribution in [0, 0.1) is 11.3 Å². The number of carboxylic acid groups (broad SMARTS) is 1. The maximum absolute atomic E-state index is 11.9. The highest BCUT2D eigenvalue weighted by Crippen LogP contribution is 2.43. The van der Waals surface area contributed by atoms with Crippen molar-refractivity contribution in [3.63, 3.8) is 0 Å². The molecule has 0 bridgehead atoms. The largest absolute Gasteiger partial charge is 0.481 e. The van der Waals surface area contributed by atoms with Gasteiger partial charge in [-0.2, -0.15) is 0 Å². The molecule has 1 aromatic rings. The molecule has 2 fully saturated rings. The molecule has 0 aliphatic carbocycles. The van der Waals surface area contributed by atoms with Gasteiger partial charge in [-0.3, -0.25) is 9.69 Å². The van der Waals surface area contributed by atoms with Crippen molar-refractivity contribution in [1.29, 1.82) is 0 Å². The van der Waals surface area contributed by atoms with Crippen molar-refractivity contribution in [2.45, 2.75) is 19.4 Å².